The van der Waals surface area contributed by atoms with Crippen LogP contribution in [0.5, 0.6) is 0 Å². The van der Waals surface area contributed by atoms with Gasteiger partial charge < -0.3 is 26.2 Å². The molecule has 10 nitrogen and oxygen atoms in total. The van der Waals surface area contributed by atoms with E-state index in [2.05, 4.69) is 16.0 Å². The Hall–Kier alpha value is -2.06. The van der Waals surface area contributed by atoms with Crippen molar-refractivity contribution in [3.8, 4) is 0 Å². The van der Waals surface area contributed by atoms with E-state index in [9.17, 15) is 34.2 Å². The summed E-state index contributed by atoms with van der Waals surface area (Å²) in [4.78, 5) is 59.4. The molecule has 33 heavy (non-hydrogen) atoms. The van der Waals surface area contributed by atoms with Gasteiger partial charge >= 0.3 is 11.9 Å². The minimum absolute atomic E-state index is 0.0205. The Balaban J connectivity index is 4.56. The number of amides is 2. The number of carbonyl (C=O) groups excluding carboxylic acids is 3. The minimum atomic E-state index is -1.26. The Bertz CT molecular complexity index is 710. The molecule has 0 spiro atoms. The molecule has 0 aliphatic carbocycles. The van der Waals surface area contributed by atoms with E-state index in [0.717, 1.165) is 6.42 Å². The molecule has 0 heterocycles. The zero-order valence-electron chi connectivity index (χ0n) is 20.5. The van der Waals surface area contributed by atoms with Gasteiger partial charge in [0.05, 0.1) is 11.5 Å². The molecule has 0 saturated heterocycles. The van der Waals surface area contributed by atoms with Crippen molar-refractivity contribution < 1.29 is 34.2 Å². The first-order chi connectivity index (χ1) is 15.2. The summed E-state index contributed by atoms with van der Waals surface area (Å²) in [6.07, 6.45) is 2.00. The van der Waals surface area contributed by atoms with Gasteiger partial charge in [-0.15, -0.1) is 0 Å². The molecule has 2 amide bonds. The quantitative estimate of drug-likeness (QED) is 0.152. The number of nitrogens with one attached hydrogen (secondary N) is 3. The Morgan fingerprint density at radius 2 is 1.52 bits per heavy atom. The first-order valence-electron chi connectivity index (χ1n) is 11.1. The molecule has 0 aromatic rings. The SMILES string of the molecule is CN[C@H](CCCCNC(=O)CC[C@H](NC(=O)C(C)(C)CC(C)(C)C(=O)O)C(=O)O)C(=O)PC. The third-order valence-electron chi connectivity index (χ3n) is 5.49. The van der Waals surface area contributed by atoms with Gasteiger partial charge in [-0.3, -0.25) is 19.2 Å². The fourth-order valence-electron chi connectivity index (χ4n) is 3.52. The number of carboxylic acids is 2. The summed E-state index contributed by atoms with van der Waals surface area (Å²) >= 11 is 0. The highest BCUT2D eigenvalue weighted by atomic mass is 31.1. The maximum absolute atomic E-state index is 12.6. The molecule has 190 valence electrons. The zero-order chi connectivity index (χ0) is 25.8. The summed E-state index contributed by atoms with van der Waals surface area (Å²) in [5.41, 5.74) is -2.09. The number of likely N-dealkylation sites (N-methyl/N-ethyl adjacent to an activating group) is 1. The molecule has 0 bridgehead atoms. The average Bonchev–Trinajstić information content (AvgIpc) is 2.71. The Labute approximate surface area is 197 Å². The summed E-state index contributed by atoms with van der Waals surface area (Å²) in [5.74, 6) is -3.21. The highest BCUT2D eigenvalue weighted by molar-refractivity contribution is 7.57. The summed E-state index contributed by atoms with van der Waals surface area (Å²) in [6.45, 7) is 8.39. The molecule has 0 saturated carbocycles. The van der Waals surface area contributed by atoms with Crippen LogP contribution in [0.2, 0.25) is 0 Å². The Morgan fingerprint density at radius 1 is 0.909 bits per heavy atom. The van der Waals surface area contributed by atoms with Gasteiger partial charge in [-0.25, -0.2) is 4.79 Å². The van der Waals surface area contributed by atoms with Crippen molar-refractivity contribution in [2.24, 2.45) is 10.8 Å². The highest BCUT2D eigenvalue weighted by Gasteiger charge is 2.40. The minimum Gasteiger partial charge on any atom is -0.481 e. The molecule has 0 rings (SSSR count). The lowest BCUT2D eigenvalue weighted by Gasteiger charge is -2.32. The lowest BCUT2D eigenvalue weighted by molar-refractivity contribution is -0.151. The number of hydrogen-bond donors (Lipinski definition) is 5. The van der Waals surface area contributed by atoms with Gasteiger partial charge in [0.1, 0.15) is 6.04 Å². The van der Waals surface area contributed by atoms with E-state index < -0.39 is 34.7 Å². The number of aliphatic carboxylic acids is 2. The molecular formula is C22H40N3O7P. The van der Waals surface area contributed by atoms with Gasteiger partial charge in [-0.2, -0.15) is 0 Å². The highest BCUT2D eigenvalue weighted by Crippen LogP contribution is 2.34. The summed E-state index contributed by atoms with van der Waals surface area (Å²) in [7, 11) is 1.98. The first-order valence-corrected chi connectivity index (χ1v) is 12.6. The Morgan fingerprint density at radius 3 is 2.00 bits per heavy atom. The van der Waals surface area contributed by atoms with E-state index in [-0.39, 0.29) is 45.3 Å². The van der Waals surface area contributed by atoms with Gasteiger partial charge in [0.2, 0.25) is 11.8 Å². The van der Waals surface area contributed by atoms with Crippen molar-refractivity contribution in [1.29, 1.82) is 0 Å². The van der Waals surface area contributed by atoms with Crippen LogP contribution in [0.1, 0.15) is 66.2 Å². The van der Waals surface area contributed by atoms with Crippen molar-refractivity contribution in [2.75, 3.05) is 20.3 Å². The molecule has 0 radical (unpaired) electrons. The maximum atomic E-state index is 12.6. The van der Waals surface area contributed by atoms with E-state index in [1.165, 1.54) is 13.8 Å². The predicted octanol–water partition coefficient (Wildman–Crippen LogP) is 1.57. The lowest BCUT2D eigenvalue weighted by Crippen LogP contribution is -2.48. The molecule has 0 aromatic carbocycles. The van der Waals surface area contributed by atoms with Gasteiger partial charge in [-0.1, -0.05) is 22.4 Å². The van der Waals surface area contributed by atoms with E-state index >= 15 is 0 Å². The van der Waals surface area contributed by atoms with E-state index in [1.54, 1.807) is 20.9 Å². The molecule has 1 unspecified atom stereocenters. The second-order valence-electron chi connectivity index (χ2n) is 9.45. The van der Waals surface area contributed by atoms with Crippen LogP contribution in [0.4, 0.5) is 0 Å². The number of rotatable bonds is 17. The van der Waals surface area contributed by atoms with Crippen LogP contribution < -0.4 is 16.0 Å². The standard InChI is InChI=1S/C22H40N3O7P/c1-21(2,13-22(3,4)20(31)32)19(30)25-14(17(27)28)10-11-16(26)24-12-8-7-9-15(23-5)18(29)33-6/h14-15,23,33H,7-13H2,1-6H3,(H,24,26)(H,25,30)(H,27,28)(H,31,32)/t14-,15+/m0/s1. The van der Waals surface area contributed by atoms with Gasteiger partial charge in [0, 0.05) is 18.4 Å². The van der Waals surface area contributed by atoms with Crippen molar-refractivity contribution in [1.82, 2.24) is 16.0 Å². The molecule has 0 aromatic heterocycles. The van der Waals surface area contributed by atoms with Gasteiger partial charge in [0.15, 0.2) is 5.52 Å². The molecule has 5 N–H and O–H groups in total. The summed E-state index contributed by atoms with van der Waals surface area (Å²) in [5, 5.41) is 26.9. The normalized spacial score (nSPS) is 14.0. The van der Waals surface area contributed by atoms with Crippen molar-refractivity contribution >= 4 is 37.9 Å². The zero-order valence-corrected chi connectivity index (χ0v) is 21.5. The van der Waals surface area contributed by atoms with Crippen LogP contribution in [-0.2, 0) is 24.0 Å². The summed E-state index contributed by atoms with van der Waals surface area (Å²) in [6, 6.07) is -1.43. The molecule has 0 aliphatic rings. The van der Waals surface area contributed by atoms with Crippen molar-refractivity contribution in [3.05, 3.63) is 0 Å². The number of hydrogen-bond acceptors (Lipinski definition) is 6. The molecular weight excluding hydrogens is 449 g/mol. The van der Waals surface area contributed by atoms with E-state index in [0.29, 0.717) is 19.4 Å². The van der Waals surface area contributed by atoms with Crippen molar-refractivity contribution in [3.63, 3.8) is 0 Å². The Kier molecular flexibility index (Phi) is 13.4. The largest absolute Gasteiger partial charge is 0.481 e. The van der Waals surface area contributed by atoms with Crippen LogP contribution in [0.3, 0.4) is 0 Å². The molecule has 3 atom stereocenters. The predicted molar refractivity (Wildman–Crippen MR) is 128 cm³/mol. The summed E-state index contributed by atoms with van der Waals surface area (Å²) < 4.78 is 0. The fourth-order valence-corrected chi connectivity index (χ4v) is 4.15. The number of carboxylic acid groups (broad SMARTS) is 2. The molecule has 0 aliphatic heterocycles. The second kappa shape index (κ2) is 14.3. The van der Waals surface area contributed by atoms with Crippen LogP contribution in [0.25, 0.3) is 0 Å². The van der Waals surface area contributed by atoms with Gasteiger partial charge in [-0.05, 0) is 59.7 Å². The molecule has 11 heteroatoms. The second-order valence-corrected chi connectivity index (χ2v) is 10.4. The van der Waals surface area contributed by atoms with Crippen molar-refractivity contribution in [2.45, 2.75) is 78.3 Å². The number of carbonyl (C=O) groups is 5. The van der Waals surface area contributed by atoms with Crippen LogP contribution in [-0.4, -0.2) is 71.8 Å². The topological polar surface area (TPSA) is 162 Å². The van der Waals surface area contributed by atoms with E-state index in [4.69, 9.17) is 0 Å². The average molecular weight is 490 g/mol. The smallest absolute Gasteiger partial charge is 0.326 e. The van der Waals surface area contributed by atoms with Crippen LogP contribution in [0, 0.1) is 10.8 Å². The van der Waals surface area contributed by atoms with Crippen LogP contribution >= 0.6 is 8.58 Å². The maximum Gasteiger partial charge on any atom is 0.326 e. The van der Waals surface area contributed by atoms with E-state index in [1.807, 2.05) is 6.66 Å². The van der Waals surface area contributed by atoms with Crippen LogP contribution in [0.15, 0.2) is 0 Å². The lowest BCUT2D eigenvalue weighted by atomic mass is 9.74. The number of unbranched alkanes of at least 4 members (excludes halogenated alkanes) is 1. The fraction of sp³-hybridized carbons (Fsp3) is 0.773. The monoisotopic (exact) mass is 489 g/mol. The molecule has 0 fully saturated rings. The van der Waals surface area contributed by atoms with Gasteiger partial charge in [0.25, 0.3) is 0 Å². The third kappa shape index (κ3) is 11.6. The third-order valence-corrected chi connectivity index (χ3v) is 6.34. The first kappa shape index (κ1) is 30.9.